The van der Waals surface area contributed by atoms with Crippen molar-refractivity contribution in [3.8, 4) is 0 Å². The Bertz CT molecular complexity index is 392. The Labute approximate surface area is 110 Å². The summed E-state index contributed by atoms with van der Waals surface area (Å²) < 4.78 is 0. The molecule has 0 saturated heterocycles. The van der Waals surface area contributed by atoms with E-state index in [4.69, 9.17) is 0 Å². The van der Waals surface area contributed by atoms with Crippen LogP contribution in [0.25, 0.3) is 0 Å². The molecule has 1 heterocycles. The number of aromatic nitrogens is 1. The summed E-state index contributed by atoms with van der Waals surface area (Å²) >= 11 is 0. The molecule has 3 heteroatoms. The third kappa shape index (κ3) is 2.83. The van der Waals surface area contributed by atoms with Crippen molar-refractivity contribution in [3.05, 3.63) is 23.9 Å². The molecule has 3 atom stereocenters. The first-order chi connectivity index (χ1) is 8.59. The van der Waals surface area contributed by atoms with E-state index in [1.165, 1.54) is 25.7 Å². The van der Waals surface area contributed by atoms with Gasteiger partial charge in [0.2, 0.25) is 0 Å². The normalized spacial score (nSPS) is 25.8. The van der Waals surface area contributed by atoms with Gasteiger partial charge in [-0.05, 0) is 31.7 Å². The third-order valence-corrected chi connectivity index (χ3v) is 4.06. The average molecular weight is 248 g/mol. The van der Waals surface area contributed by atoms with Gasteiger partial charge in [0.05, 0.1) is 6.10 Å². The van der Waals surface area contributed by atoms with Gasteiger partial charge in [-0.2, -0.15) is 0 Å². The van der Waals surface area contributed by atoms with Crippen LogP contribution in [0.2, 0.25) is 0 Å². The molecular formula is C15H24N2O. The first kappa shape index (κ1) is 13.3. The molecule has 1 aromatic rings. The first-order valence-electron chi connectivity index (χ1n) is 6.95. The van der Waals surface area contributed by atoms with Crippen LogP contribution in [0.5, 0.6) is 0 Å². The third-order valence-electron chi connectivity index (χ3n) is 4.06. The zero-order valence-corrected chi connectivity index (χ0v) is 11.6. The summed E-state index contributed by atoms with van der Waals surface area (Å²) in [5.74, 6) is 1.73. The second-order valence-corrected chi connectivity index (χ2v) is 5.63. The lowest BCUT2D eigenvalue weighted by atomic mass is 9.86. The number of aliphatic hydroxyl groups excluding tert-OH is 1. The van der Waals surface area contributed by atoms with Gasteiger partial charge < -0.3 is 10.0 Å². The van der Waals surface area contributed by atoms with Gasteiger partial charge in [-0.3, -0.25) is 0 Å². The molecule has 0 radical (unpaired) electrons. The van der Waals surface area contributed by atoms with Gasteiger partial charge in [0.1, 0.15) is 5.82 Å². The SMILES string of the molecule is CC1CCCC(N(C)c2ncccc2[C@@H](C)O)C1. The van der Waals surface area contributed by atoms with Crippen molar-refractivity contribution in [2.45, 2.75) is 51.7 Å². The topological polar surface area (TPSA) is 36.4 Å². The lowest BCUT2D eigenvalue weighted by molar-refractivity contribution is 0.199. The molecule has 0 aromatic carbocycles. The Morgan fingerprint density at radius 3 is 2.89 bits per heavy atom. The standard InChI is InChI=1S/C15H24N2O/c1-11-6-4-7-13(10-11)17(3)15-14(12(2)18)8-5-9-16-15/h5,8-9,11-13,18H,4,6-7,10H2,1-3H3/t11?,12-,13?/m1/s1. The molecule has 1 aliphatic rings. The van der Waals surface area contributed by atoms with Crippen LogP contribution in [-0.4, -0.2) is 23.2 Å². The second-order valence-electron chi connectivity index (χ2n) is 5.63. The first-order valence-corrected chi connectivity index (χ1v) is 6.95. The maximum Gasteiger partial charge on any atom is 0.134 e. The van der Waals surface area contributed by atoms with Gasteiger partial charge in [-0.15, -0.1) is 0 Å². The maximum absolute atomic E-state index is 9.84. The van der Waals surface area contributed by atoms with Crippen molar-refractivity contribution < 1.29 is 5.11 Å². The molecule has 3 nitrogen and oxygen atoms in total. The fourth-order valence-corrected chi connectivity index (χ4v) is 2.96. The largest absolute Gasteiger partial charge is 0.389 e. The van der Waals surface area contributed by atoms with Crippen LogP contribution >= 0.6 is 0 Å². The summed E-state index contributed by atoms with van der Waals surface area (Å²) in [5, 5.41) is 9.84. The fraction of sp³-hybridized carbons (Fsp3) is 0.667. The highest BCUT2D eigenvalue weighted by molar-refractivity contribution is 5.48. The van der Waals surface area contributed by atoms with Crippen molar-refractivity contribution in [1.82, 2.24) is 4.98 Å². The molecule has 1 N–H and O–H groups in total. The van der Waals surface area contributed by atoms with Crippen LogP contribution in [0.4, 0.5) is 5.82 Å². The Balaban J connectivity index is 2.19. The van der Waals surface area contributed by atoms with E-state index in [1.807, 2.05) is 18.3 Å². The molecule has 100 valence electrons. The van der Waals surface area contributed by atoms with E-state index < -0.39 is 6.10 Å². The van der Waals surface area contributed by atoms with Gasteiger partial charge in [0.25, 0.3) is 0 Å². The van der Waals surface area contributed by atoms with Gasteiger partial charge in [-0.1, -0.05) is 25.8 Å². The number of anilines is 1. The number of hydrogen-bond donors (Lipinski definition) is 1. The van der Waals surface area contributed by atoms with Gasteiger partial charge in [0, 0.05) is 24.8 Å². The van der Waals surface area contributed by atoms with E-state index in [9.17, 15) is 5.11 Å². The smallest absolute Gasteiger partial charge is 0.134 e. The molecule has 0 amide bonds. The van der Waals surface area contributed by atoms with Gasteiger partial charge in [-0.25, -0.2) is 4.98 Å². The van der Waals surface area contributed by atoms with Gasteiger partial charge in [0.15, 0.2) is 0 Å². The molecule has 1 saturated carbocycles. The van der Waals surface area contributed by atoms with E-state index in [0.717, 1.165) is 17.3 Å². The minimum absolute atomic E-state index is 0.461. The molecule has 18 heavy (non-hydrogen) atoms. The summed E-state index contributed by atoms with van der Waals surface area (Å²) in [5.41, 5.74) is 0.929. The molecule has 1 fully saturated rings. The Kier molecular flexibility index (Phi) is 4.23. The molecule has 2 unspecified atom stereocenters. The Morgan fingerprint density at radius 2 is 2.22 bits per heavy atom. The minimum atomic E-state index is -0.461. The fourth-order valence-electron chi connectivity index (χ4n) is 2.96. The van der Waals surface area contributed by atoms with Crippen molar-refractivity contribution in [2.75, 3.05) is 11.9 Å². The summed E-state index contributed by atoms with van der Waals surface area (Å²) in [6.45, 7) is 4.13. The maximum atomic E-state index is 9.84. The molecular weight excluding hydrogens is 224 g/mol. The van der Waals surface area contributed by atoms with E-state index in [0.29, 0.717) is 6.04 Å². The summed E-state index contributed by atoms with van der Waals surface area (Å²) in [4.78, 5) is 6.73. The van der Waals surface area contributed by atoms with E-state index in [-0.39, 0.29) is 0 Å². The highest BCUT2D eigenvalue weighted by atomic mass is 16.3. The van der Waals surface area contributed by atoms with Crippen LogP contribution in [0.1, 0.15) is 51.2 Å². The van der Waals surface area contributed by atoms with Crippen LogP contribution in [0, 0.1) is 5.92 Å². The van der Waals surface area contributed by atoms with E-state index >= 15 is 0 Å². The zero-order chi connectivity index (χ0) is 13.1. The lowest BCUT2D eigenvalue weighted by Crippen LogP contribution is -2.36. The molecule has 1 aliphatic carbocycles. The predicted octanol–water partition coefficient (Wildman–Crippen LogP) is 3.15. The predicted molar refractivity (Wildman–Crippen MR) is 74.7 cm³/mol. The van der Waals surface area contributed by atoms with Crippen molar-refractivity contribution in [1.29, 1.82) is 0 Å². The van der Waals surface area contributed by atoms with E-state index in [2.05, 4.69) is 23.9 Å². The Morgan fingerprint density at radius 1 is 1.44 bits per heavy atom. The molecule has 0 aliphatic heterocycles. The van der Waals surface area contributed by atoms with Crippen LogP contribution < -0.4 is 4.90 Å². The number of pyridine rings is 1. The highest BCUT2D eigenvalue weighted by Gasteiger charge is 2.25. The van der Waals surface area contributed by atoms with Gasteiger partial charge >= 0.3 is 0 Å². The van der Waals surface area contributed by atoms with Crippen molar-refractivity contribution in [3.63, 3.8) is 0 Å². The van der Waals surface area contributed by atoms with Crippen molar-refractivity contribution >= 4 is 5.82 Å². The van der Waals surface area contributed by atoms with Crippen molar-refractivity contribution in [2.24, 2.45) is 5.92 Å². The minimum Gasteiger partial charge on any atom is -0.389 e. The molecule has 2 rings (SSSR count). The number of hydrogen-bond acceptors (Lipinski definition) is 3. The van der Waals surface area contributed by atoms with Crippen LogP contribution in [0.15, 0.2) is 18.3 Å². The van der Waals surface area contributed by atoms with Crippen LogP contribution in [-0.2, 0) is 0 Å². The summed E-state index contributed by atoms with van der Waals surface area (Å²) in [6.07, 6.45) is 6.45. The summed E-state index contributed by atoms with van der Waals surface area (Å²) in [6, 6.07) is 4.42. The Hall–Kier alpha value is -1.09. The number of aliphatic hydroxyl groups is 1. The quantitative estimate of drug-likeness (QED) is 0.892. The monoisotopic (exact) mass is 248 g/mol. The summed E-state index contributed by atoms with van der Waals surface area (Å²) in [7, 11) is 2.11. The average Bonchev–Trinajstić information content (AvgIpc) is 2.38. The zero-order valence-electron chi connectivity index (χ0n) is 11.6. The number of nitrogens with zero attached hydrogens (tertiary/aromatic N) is 2. The highest BCUT2D eigenvalue weighted by Crippen LogP contribution is 2.31. The van der Waals surface area contributed by atoms with Crippen LogP contribution in [0.3, 0.4) is 0 Å². The lowest BCUT2D eigenvalue weighted by Gasteiger charge is -2.36. The number of rotatable bonds is 3. The second kappa shape index (κ2) is 5.70. The molecule has 0 spiro atoms. The van der Waals surface area contributed by atoms with E-state index in [1.54, 1.807) is 6.92 Å². The molecule has 0 bridgehead atoms. The molecule has 1 aromatic heterocycles.